The van der Waals surface area contributed by atoms with E-state index in [9.17, 15) is 14.4 Å². The number of hydrogen-bond donors (Lipinski definition) is 0. The van der Waals surface area contributed by atoms with E-state index in [1.54, 1.807) is 0 Å². The third-order valence-corrected chi connectivity index (χ3v) is 11.3. The Morgan fingerprint density at radius 3 is 0.939 bits per heavy atom. The molecule has 6 nitrogen and oxygen atoms in total. The molecule has 0 aromatic heterocycles. The summed E-state index contributed by atoms with van der Waals surface area (Å²) >= 11 is 0. The van der Waals surface area contributed by atoms with E-state index in [-0.39, 0.29) is 37.5 Å². The molecule has 0 bridgehead atoms. The van der Waals surface area contributed by atoms with Crippen LogP contribution in [-0.2, 0) is 28.6 Å². The van der Waals surface area contributed by atoms with Crippen molar-refractivity contribution in [1.82, 2.24) is 0 Å². The highest BCUT2D eigenvalue weighted by molar-refractivity contribution is 5.71. The van der Waals surface area contributed by atoms with Crippen LogP contribution in [-0.4, -0.2) is 37.2 Å². The summed E-state index contributed by atoms with van der Waals surface area (Å²) in [5.41, 5.74) is 0. The third kappa shape index (κ3) is 51.3. The van der Waals surface area contributed by atoms with E-state index in [1.807, 2.05) is 0 Å². The molecule has 376 valence electrons. The lowest BCUT2D eigenvalue weighted by atomic mass is 10.1. The molecular weight excluding hydrogens is 817 g/mol. The number of rotatable bonds is 48. The van der Waals surface area contributed by atoms with Crippen LogP contribution in [0.15, 0.2) is 97.2 Å². The maximum atomic E-state index is 12.8. The van der Waals surface area contributed by atoms with Gasteiger partial charge in [-0.3, -0.25) is 14.4 Å². The van der Waals surface area contributed by atoms with Crippen molar-refractivity contribution >= 4 is 17.9 Å². The molecular formula is C60H100O6. The Morgan fingerprint density at radius 2 is 0.591 bits per heavy atom. The summed E-state index contributed by atoms with van der Waals surface area (Å²) in [6.07, 6.45) is 71.2. The molecule has 0 radical (unpaired) electrons. The van der Waals surface area contributed by atoms with Gasteiger partial charge in [0.15, 0.2) is 6.10 Å². The largest absolute Gasteiger partial charge is 0.462 e. The van der Waals surface area contributed by atoms with Gasteiger partial charge in [0.1, 0.15) is 13.2 Å². The monoisotopic (exact) mass is 917 g/mol. The smallest absolute Gasteiger partial charge is 0.306 e. The summed E-state index contributed by atoms with van der Waals surface area (Å²) in [5.74, 6) is -0.946. The van der Waals surface area contributed by atoms with Crippen LogP contribution >= 0.6 is 0 Å². The summed E-state index contributed by atoms with van der Waals surface area (Å²) in [6.45, 7) is 6.44. The third-order valence-electron chi connectivity index (χ3n) is 11.3. The van der Waals surface area contributed by atoms with E-state index >= 15 is 0 Å². The lowest BCUT2D eigenvalue weighted by molar-refractivity contribution is -0.167. The van der Waals surface area contributed by atoms with Gasteiger partial charge in [-0.2, -0.15) is 0 Å². The van der Waals surface area contributed by atoms with Gasteiger partial charge < -0.3 is 14.2 Å². The number of unbranched alkanes of at least 4 members (excludes halogenated alkanes) is 21. The standard InChI is InChI=1S/C60H100O6/c1-4-7-10-13-16-19-21-23-25-27-29-30-32-33-35-37-39-41-44-47-50-53-59(62)65-56-57(55-64-58(61)52-49-46-43-18-15-12-9-6-3)66-60(63)54-51-48-45-42-40-38-36-34-31-28-26-24-22-20-17-14-11-8-5-2/h8,11,17,20-21,23-24,26-27,29,31-34,38,40,57H,4-7,9-10,12-16,18-19,22,25,28,30,35-37,39,41-56H2,1-3H3/b11-8-,20-17-,23-21-,26-24-,29-27-,33-32-,34-31-,40-38-. The molecule has 0 rings (SSSR count). The molecule has 0 aliphatic rings. The van der Waals surface area contributed by atoms with Crippen molar-refractivity contribution in [3.05, 3.63) is 97.2 Å². The lowest BCUT2D eigenvalue weighted by Crippen LogP contribution is -2.30. The molecule has 0 spiro atoms. The van der Waals surface area contributed by atoms with Gasteiger partial charge in [0.2, 0.25) is 0 Å². The number of ether oxygens (including phenoxy) is 3. The predicted octanol–water partition coefficient (Wildman–Crippen LogP) is 18.1. The number of carbonyl (C=O) groups is 3. The average Bonchev–Trinajstić information content (AvgIpc) is 3.31. The van der Waals surface area contributed by atoms with Crippen molar-refractivity contribution in [2.75, 3.05) is 13.2 Å². The van der Waals surface area contributed by atoms with Crippen molar-refractivity contribution in [2.24, 2.45) is 0 Å². The fourth-order valence-electron chi connectivity index (χ4n) is 7.24. The van der Waals surface area contributed by atoms with Crippen molar-refractivity contribution < 1.29 is 28.6 Å². The molecule has 0 aliphatic heterocycles. The quantitative estimate of drug-likeness (QED) is 0.0262. The molecule has 66 heavy (non-hydrogen) atoms. The zero-order valence-electron chi connectivity index (χ0n) is 42.9. The summed E-state index contributed by atoms with van der Waals surface area (Å²) in [7, 11) is 0. The van der Waals surface area contributed by atoms with Gasteiger partial charge in [-0.25, -0.2) is 0 Å². The average molecular weight is 917 g/mol. The van der Waals surface area contributed by atoms with E-state index < -0.39 is 6.10 Å². The molecule has 0 saturated carbocycles. The van der Waals surface area contributed by atoms with Gasteiger partial charge in [0.05, 0.1) is 0 Å². The molecule has 0 saturated heterocycles. The fourth-order valence-corrected chi connectivity index (χ4v) is 7.24. The Balaban J connectivity index is 4.37. The Morgan fingerprint density at radius 1 is 0.318 bits per heavy atom. The molecule has 0 aromatic carbocycles. The predicted molar refractivity (Wildman–Crippen MR) is 284 cm³/mol. The summed E-state index contributed by atoms with van der Waals surface area (Å²) in [6, 6.07) is 0. The fraction of sp³-hybridized carbons (Fsp3) is 0.683. The molecule has 0 N–H and O–H groups in total. The Hall–Kier alpha value is -3.67. The van der Waals surface area contributed by atoms with E-state index in [4.69, 9.17) is 14.2 Å². The Labute approximate surface area is 407 Å². The second-order valence-corrected chi connectivity index (χ2v) is 17.8. The van der Waals surface area contributed by atoms with E-state index in [0.29, 0.717) is 12.8 Å². The second-order valence-electron chi connectivity index (χ2n) is 17.8. The maximum absolute atomic E-state index is 12.8. The van der Waals surface area contributed by atoms with Crippen LogP contribution in [0.1, 0.15) is 245 Å². The van der Waals surface area contributed by atoms with E-state index in [0.717, 1.165) is 116 Å². The van der Waals surface area contributed by atoms with E-state index in [2.05, 4.69) is 118 Å². The molecule has 0 heterocycles. The van der Waals surface area contributed by atoms with Gasteiger partial charge in [-0.15, -0.1) is 0 Å². The summed E-state index contributed by atoms with van der Waals surface area (Å²) in [5, 5.41) is 0. The van der Waals surface area contributed by atoms with Crippen LogP contribution in [0.25, 0.3) is 0 Å². The SMILES string of the molecule is CC/C=C\C/C=C\C/C=C\C/C=C\C/C=C\CCCCCC(=O)OC(COC(=O)CCCCCCCC/C=C\C/C=C\C/C=C\CCCCCCC)COC(=O)CCCCCCCCCC. The van der Waals surface area contributed by atoms with Gasteiger partial charge in [0, 0.05) is 19.3 Å². The van der Waals surface area contributed by atoms with Crippen LogP contribution in [0.2, 0.25) is 0 Å². The zero-order chi connectivity index (χ0) is 47.9. The topological polar surface area (TPSA) is 78.9 Å². The Bertz CT molecular complexity index is 1330. The molecule has 0 amide bonds. The van der Waals surface area contributed by atoms with E-state index in [1.165, 1.54) is 89.9 Å². The van der Waals surface area contributed by atoms with Crippen molar-refractivity contribution in [3.8, 4) is 0 Å². The summed E-state index contributed by atoms with van der Waals surface area (Å²) in [4.78, 5) is 37.9. The molecule has 0 aromatic rings. The van der Waals surface area contributed by atoms with Crippen molar-refractivity contribution in [3.63, 3.8) is 0 Å². The van der Waals surface area contributed by atoms with Crippen molar-refractivity contribution in [2.45, 2.75) is 252 Å². The number of carbonyl (C=O) groups excluding carboxylic acids is 3. The molecule has 6 heteroatoms. The first-order chi connectivity index (χ1) is 32.5. The lowest BCUT2D eigenvalue weighted by Gasteiger charge is -2.18. The molecule has 1 atom stereocenters. The minimum absolute atomic E-state index is 0.0955. The highest BCUT2D eigenvalue weighted by Gasteiger charge is 2.19. The molecule has 0 fully saturated rings. The summed E-state index contributed by atoms with van der Waals surface area (Å²) < 4.78 is 16.7. The highest BCUT2D eigenvalue weighted by atomic mass is 16.6. The van der Waals surface area contributed by atoms with Gasteiger partial charge in [-0.05, 0) is 103 Å². The molecule has 0 aliphatic carbocycles. The number of hydrogen-bond acceptors (Lipinski definition) is 6. The van der Waals surface area contributed by atoms with Crippen LogP contribution < -0.4 is 0 Å². The Kier molecular flexibility index (Phi) is 50.9. The van der Waals surface area contributed by atoms with Crippen LogP contribution in [0.3, 0.4) is 0 Å². The first-order valence-electron chi connectivity index (χ1n) is 27.2. The van der Waals surface area contributed by atoms with Crippen LogP contribution in [0.4, 0.5) is 0 Å². The zero-order valence-corrected chi connectivity index (χ0v) is 42.9. The maximum Gasteiger partial charge on any atom is 0.306 e. The van der Waals surface area contributed by atoms with Crippen molar-refractivity contribution in [1.29, 1.82) is 0 Å². The van der Waals surface area contributed by atoms with Gasteiger partial charge in [-0.1, -0.05) is 221 Å². The molecule has 1 unspecified atom stereocenters. The van der Waals surface area contributed by atoms with Crippen LogP contribution in [0.5, 0.6) is 0 Å². The minimum Gasteiger partial charge on any atom is -0.462 e. The first kappa shape index (κ1) is 62.3. The van der Waals surface area contributed by atoms with Gasteiger partial charge in [0.25, 0.3) is 0 Å². The number of allylic oxidation sites excluding steroid dienone is 16. The van der Waals surface area contributed by atoms with Gasteiger partial charge >= 0.3 is 17.9 Å². The first-order valence-corrected chi connectivity index (χ1v) is 27.2. The van der Waals surface area contributed by atoms with Crippen LogP contribution in [0, 0.1) is 0 Å². The highest BCUT2D eigenvalue weighted by Crippen LogP contribution is 2.13. The second kappa shape index (κ2) is 53.9. The minimum atomic E-state index is -0.799. The normalized spacial score (nSPS) is 12.8. The number of esters is 3.